The first-order chi connectivity index (χ1) is 9.48. The van der Waals surface area contributed by atoms with Gasteiger partial charge in [0, 0.05) is 10.6 Å². The Morgan fingerprint density at radius 3 is 2.75 bits per heavy atom. The molecule has 1 aliphatic rings. The van der Waals surface area contributed by atoms with Crippen LogP contribution in [0, 0.1) is 11.6 Å². The van der Waals surface area contributed by atoms with Crippen molar-refractivity contribution in [1.82, 2.24) is 0 Å². The second-order valence-electron chi connectivity index (χ2n) is 5.37. The Hall–Kier alpha value is -1.45. The summed E-state index contributed by atoms with van der Waals surface area (Å²) in [5, 5.41) is 0.488. The monoisotopic (exact) mass is 293 g/mol. The molecule has 2 aromatic carbocycles. The molecule has 0 heterocycles. The highest BCUT2D eigenvalue weighted by Gasteiger charge is 2.35. The van der Waals surface area contributed by atoms with E-state index in [2.05, 4.69) is 0 Å². The van der Waals surface area contributed by atoms with Gasteiger partial charge < -0.3 is 5.73 Å². The van der Waals surface area contributed by atoms with Crippen LogP contribution in [0.15, 0.2) is 36.4 Å². The van der Waals surface area contributed by atoms with Crippen molar-refractivity contribution in [2.75, 3.05) is 0 Å². The summed E-state index contributed by atoms with van der Waals surface area (Å²) in [7, 11) is 0. The summed E-state index contributed by atoms with van der Waals surface area (Å²) in [6.07, 6.45) is 1.75. The zero-order chi connectivity index (χ0) is 14.3. The second-order valence-corrected chi connectivity index (χ2v) is 5.81. The van der Waals surface area contributed by atoms with Gasteiger partial charge in [0.1, 0.15) is 11.6 Å². The van der Waals surface area contributed by atoms with Crippen LogP contribution in [0.2, 0.25) is 5.02 Å². The highest BCUT2D eigenvalue weighted by Crippen LogP contribution is 2.38. The van der Waals surface area contributed by atoms with E-state index < -0.39 is 5.54 Å². The summed E-state index contributed by atoms with van der Waals surface area (Å²) in [5.41, 5.74) is 8.09. The molecular formula is C16H14ClF2N. The van der Waals surface area contributed by atoms with Crippen molar-refractivity contribution in [3.05, 3.63) is 69.7 Å². The lowest BCUT2D eigenvalue weighted by Gasteiger charge is -2.26. The zero-order valence-electron chi connectivity index (χ0n) is 10.8. The first-order valence-electron chi connectivity index (χ1n) is 6.50. The SMILES string of the molecule is NC1(Cc2cc(Cl)ccc2F)CCc2cc(F)ccc21. The third kappa shape index (κ3) is 2.32. The van der Waals surface area contributed by atoms with E-state index in [0.29, 0.717) is 29.8 Å². The van der Waals surface area contributed by atoms with E-state index in [1.54, 1.807) is 12.1 Å². The highest BCUT2D eigenvalue weighted by molar-refractivity contribution is 6.30. The fraction of sp³-hybridized carbons (Fsp3) is 0.250. The van der Waals surface area contributed by atoms with Gasteiger partial charge in [0.2, 0.25) is 0 Å². The van der Waals surface area contributed by atoms with E-state index in [4.69, 9.17) is 17.3 Å². The fourth-order valence-corrected chi connectivity index (χ4v) is 3.14. The van der Waals surface area contributed by atoms with Crippen LogP contribution in [0.3, 0.4) is 0 Å². The van der Waals surface area contributed by atoms with E-state index in [1.807, 2.05) is 0 Å². The van der Waals surface area contributed by atoms with Crippen LogP contribution in [-0.4, -0.2) is 0 Å². The van der Waals surface area contributed by atoms with Crippen molar-refractivity contribution < 1.29 is 8.78 Å². The molecule has 0 aromatic heterocycles. The quantitative estimate of drug-likeness (QED) is 0.891. The van der Waals surface area contributed by atoms with Crippen molar-refractivity contribution in [2.24, 2.45) is 5.73 Å². The molecule has 0 spiro atoms. The molecule has 0 saturated heterocycles. The van der Waals surface area contributed by atoms with E-state index in [1.165, 1.54) is 24.3 Å². The molecule has 0 amide bonds. The summed E-state index contributed by atoms with van der Waals surface area (Å²) in [6, 6.07) is 9.09. The van der Waals surface area contributed by atoms with E-state index in [-0.39, 0.29) is 11.6 Å². The molecule has 104 valence electrons. The molecule has 0 aliphatic heterocycles. The number of hydrogen-bond acceptors (Lipinski definition) is 1. The summed E-state index contributed by atoms with van der Waals surface area (Å²) in [5.74, 6) is -0.572. The molecule has 0 saturated carbocycles. The molecule has 2 aromatic rings. The van der Waals surface area contributed by atoms with Crippen LogP contribution in [0.25, 0.3) is 0 Å². The number of rotatable bonds is 2. The first-order valence-corrected chi connectivity index (χ1v) is 6.87. The molecule has 2 N–H and O–H groups in total. The van der Waals surface area contributed by atoms with E-state index in [0.717, 1.165) is 11.1 Å². The molecule has 1 aliphatic carbocycles. The smallest absolute Gasteiger partial charge is 0.126 e. The van der Waals surface area contributed by atoms with Gasteiger partial charge in [0.25, 0.3) is 0 Å². The van der Waals surface area contributed by atoms with E-state index in [9.17, 15) is 8.78 Å². The predicted octanol–water partition coefficient (Wildman–Crippen LogP) is 3.96. The van der Waals surface area contributed by atoms with Crippen LogP contribution < -0.4 is 5.73 Å². The number of nitrogens with two attached hydrogens (primary N) is 1. The predicted molar refractivity (Wildman–Crippen MR) is 75.7 cm³/mol. The summed E-state index contributed by atoms with van der Waals surface area (Å²) >= 11 is 5.91. The molecule has 4 heteroatoms. The molecule has 0 bridgehead atoms. The molecule has 1 unspecified atom stereocenters. The maximum absolute atomic E-state index is 13.9. The normalized spacial score (nSPS) is 21.0. The number of hydrogen-bond donors (Lipinski definition) is 1. The van der Waals surface area contributed by atoms with E-state index >= 15 is 0 Å². The Morgan fingerprint density at radius 1 is 1.15 bits per heavy atom. The average Bonchev–Trinajstić information content (AvgIpc) is 2.71. The van der Waals surface area contributed by atoms with Crippen LogP contribution in [0.5, 0.6) is 0 Å². The maximum atomic E-state index is 13.9. The average molecular weight is 294 g/mol. The molecule has 1 atom stereocenters. The first kappa shape index (κ1) is 13.5. The van der Waals surface area contributed by atoms with Crippen molar-refractivity contribution >= 4 is 11.6 Å². The lowest BCUT2D eigenvalue weighted by atomic mass is 9.86. The molecule has 1 nitrogen and oxygen atoms in total. The summed E-state index contributed by atoms with van der Waals surface area (Å²) in [6.45, 7) is 0. The summed E-state index contributed by atoms with van der Waals surface area (Å²) in [4.78, 5) is 0. The molecule has 0 fully saturated rings. The largest absolute Gasteiger partial charge is 0.321 e. The topological polar surface area (TPSA) is 26.0 Å². The minimum atomic E-state index is -0.658. The van der Waals surface area contributed by atoms with Gasteiger partial charge in [-0.3, -0.25) is 0 Å². The molecule has 20 heavy (non-hydrogen) atoms. The maximum Gasteiger partial charge on any atom is 0.126 e. The van der Waals surface area contributed by atoms with Gasteiger partial charge in [-0.25, -0.2) is 8.78 Å². The molecule has 0 radical (unpaired) electrons. The van der Waals surface area contributed by atoms with Gasteiger partial charge >= 0.3 is 0 Å². The highest BCUT2D eigenvalue weighted by atomic mass is 35.5. The minimum absolute atomic E-state index is 0.262. The van der Waals surface area contributed by atoms with Crippen LogP contribution in [0.4, 0.5) is 8.78 Å². The van der Waals surface area contributed by atoms with Crippen LogP contribution >= 0.6 is 11.6 Å². The zero-order valence-corrected chi connectivity index (χ0v) is 11.6. The van der Waals surface area contributed by atoms with Gasteiger partial charge in [-0.2, -0.15) is 0 Å². The van der Waals surface area contributed by atoms with Crippen LogP contribution in [-0.2, 0) is 18.4 Å². The Balaban J connectivity index is 1.98. The van der Waals surface area contributed by atoms with Crippen molar-refractivity contribution in [1.29, 1.82) is 0 Å². The molecule has 3 rings (SSSR count). The fourth-order valence-electron chi connectivity index (χ4n) is 2.95. The lowest BCUT2D eigenvalue weighted by molar-refractivity contribution is 0.429. The Kier molecular flexibility index (Phi) is 3.27. The van der Waals surface area contributed by atoms with Crippen molar-refractivity contribution in [2.45, 2.75) is 24.8 Å². The van der Waals surface area contributed by atoms with Crippen molar-refractivity contribution in [3.63, 3.8) is 0 Å². The number of benzene rings is 2. The Labute approximate surface area is 121 Å². The van der Waals surface area contributed by atoms with Gasteiger partial charge in [0.15, 0.2) is 0 Å². The Morgan fingerprint density at radius 2 is 1.95 bits per heavy atom. The van der Waals surface area contributed by atoms with Gasteiger partial charge in [-0.15, -0.1) is 0 Å². The van der Waals surface area contributed by atoms with Gasteiger partial charge in [0.05, 0.1) is 0 Å². The second kappa shape index (κ2) is 4.83. The third-order valence-corrected chi connectivity index (χ3v) is 4.19. The number of fused-ring (bicyclic) bond motifs is 1. The van der Waals surface area contributed by atoms with Gasteiger partial charge in [-0.05, 0) is 66.3 Å². The minimum Gasteiger partial charge on any atom is -0.321 e. The Bertz CT molecular complexity index is 672. The van der Waals surface area contributed by atoms with Gasteiger partial charge in [-0.1, -0.05) is 17.7 Å². The molecular weight excluding hydrogens is 280 g/mol. The standard InChI is InChI=1S/C16H14ClF2N/c17-12-1-4-15(19)11(7-12)9-16(20)6-5-10-8-13(18)2-3-14(10)16/h1-4,7-8H,5-6,9,20H2. The summed E-state index contributed by atoms with van der Waals surface area (Å²) < 4.78 is 27.1. The number of aryl methyl sites for hydroxylation is 1. The van der Waals surface area contributed by atoms with Crippen LogP contribution in [0.1, 0.15) is 23.1 Å². The lowest BCUT2D eigenvalue weighted by Crippen LogP contribution is -2.36. The number of halogens is 3. The third-order valence-electron chi connectivity index (χ3n) is 3.96. The van der Waals surface area contributed by atoms with Crippen molar-refractivity contribution in [3.8, 4) is 0 Å².